The van der Waals surface area contributed by atoms with Gasteiger partial charge in [0.25, 0.3) is 0 Å². The molecule has 1 saturated heterocycles. The molecule has 0 atom stereocenters. The average molecular weight is 185 g/mol. The van der Waals surface area contributed by atoms with E-state index in [-0.39, 0.29) is 7.43 Å². The first-order valence-electron chi connectivity index (χ1n) is 1.53. The number of hydrogen-bond donors (Lipinski definition) is 0. The van der Waals surface area contributed by atoms with Crippen LogP contribution in [0.4, 0.5) is 0 Å². The van der Waals surface area contributed by atoms with E-state index in [1.807, 2.05) is 0 Å². The summed E-state index contributed by atoms with van der Waals surface area (Å²) in [5, 5.41) is 0. The quantitative estimate of drug-likeness (QED) is 0.306. The van der Waals surface area contributed by atoms with Gasteiger partial charge in [-0.2, -0.15) is 0 Å². The standard InChI is InChI=1S/C3H6I.CH4/c1-2-4-3-1;/h1-3H2;1H4/q-1;. The van der Waals surface area contributed by atoms with Gasteiger partial charge in [-0.25, -0.2) is 0 Å². The van der Waals surface area contributed by atoms with Gasteiger partial charge in [-0.1, -0.05) is 7.43 Å². The maximum atomic E-state index is 1.61. The van der Waals surface area contributed by atoms with E-state index in [1.54, 1.807) is 15.3 Å². The van der Waals surface area contributed by atoms with E-state index in [4.69, 9.17) is 0 Å². The van der Waals surface area contributed by atoms with Crippen molar-refractivity contribution in [2.24, 2.45) is 0 Å². The Morgan fingerprint density at radius 3 is 1.40 bits per heavy atom. The van der Waals surface area contributed by atoms with Crippen LogP contribution in [-0.4, -0.2) is 8.86 Å². The molecular formula is C4H10I-. The second-order valence-corrected chi connectivity index (χ2v) is 4.16. The van der Waals surface area contributed by atoms with Crippen molar-refractivity contribution in [3.8, 4) is 0 Å². The molecule has 0 nitrogen and oxygen atoms in total. The van der Waals surface area contributed by atoms with Crippen LogP contribution in [0.3, 0.4) is 0 Å². The SMILES string of the molecule is C.C1C[I-]C1. The van der Waals surface area contributed by atoms with Gasteiger partial charge in [0.2, 0.25) is 0 Å². The second-order valence-electron chi connectivity index (χ2n) is 0.921. The Balaban J connectivity index is 0.000000160. The van der Waals surface area contributed by atoms with E-state index < -0.39 is 0 Å². The van der Waals surface area contributed by atoms with Crippen LogP contribution in [0, 0.1) is 0 Å². The third kappa shape index (κ3) is 1.58. The fraction of sp³-hybridized carbons (Fsp3) is 1.00. The van der Waals surface area contributed by atoms with Crippen molar-refractivity contribution in [1.29, 1.82) is 0 Å². The molecule has 5 heavy (non-hydrogen) atoms. The Hall–Kier alpha value is 0.730. The molecule has 1 aliphatic rings. The van der Waals surface area contributed by atoms with Crippen molar-refractivity contribution in [3.63, 3.8) is 0 Å². The molecule has 34 valence electrons. The fourth-order valence-electron chi connectivity index (χ4n) is 0.134. The minimum atomic E-state index is 0. The van der Waals surface area contributed by atoms with Crippen LogP contribution in [0.2, 0.25) is 0 Å². The Kier molecular flexibility index (Phi) is 3.37. The molecule has 0 aromatic rings. The normalized spacial score (nSPS) is 20.8. The summed E-state index contributed by atoms with van der Waals surface area (Å²) in [6.45, 7) is 0. The Morgan fingerprint density at radius 2 is 1.40 bits per heavy atom. The van der Waals surface area contributed by atoms with Gasteiger partial charge in [0, 0.05) is 0 Å². The molecule has 0 amide bonds. The molecule has 0 aromatic carbocycles. The van der Waals surface area contributed by atoms with Crippen molar-refractivity contribution < 1.29 is 21.2 Å². The van der Waals surface area contributed by atoms with E-state index >= 15 is 0 Å². The molecule has 1 fully saturated rings. The molecule has 0 N–H and O–H groups in total. The molecular weight excluding hydrogens is 175 g/mol. The first kappa shape index (κ1) is 5.73. The van der Waals surface area contributed by atoms with Gasteiger partial charge in [-0.15, -0.1) is 0 Å². The van der Waals surface area contributed by atoms with Gasteiger partial charge in [-0.3, -0.25) is 0 Å². The molecule has 0 saturated carbocycles. The van der Waals surface area contributed by atoms with E-state index in [1.165, 1.54) is 0 Å². The molecule has 1 rings (SSSR count). The molecule has 0 bridgehead atoms. The molecule has 0 radical (unpaired) electrons. The van der Waals surface area contributed by atoms with E-state index in [9.17, 15) is 0 Å². The third-order valence-electron chi connectivity index (χ3n) is 0.535. The van der Waals surface area contributed by atoms with Crippen molar-refractivity contribution in [3.05, 3.63) is 0 Å². The van der Waals surface area contributed by atoms with Gasteiger partial charge < -0.3 is 0 Å². The summed E-state index contributed by atoms with van der Waals surface area (Å²) in [7, 11) is 0. The van der Waals surface area contributed by atoms with E-state index in [0.717, 1.165) is 21.2 Å². The predicted octanol–water partition coefficient (Wildman–Crippen LogP) is -1.88. The summed E-state index contributed by atoms with van der Waals surface area (Å²) in [4.78, 5) is 0. The van der Waals surface area contributed by atoms with Crippen LogP contribution in [-0.2, 0) is 0 Å². The topological polar surface area (TPSA) is 0 Å². The number of hydrogen-bond acceptors (Lipinski definition) is 0. The summed E-state index contributed by atoms with van der Waals surface area (Å²) in [5.74, 6) is 0. The van der Waals surface area contributed by atoms with Crippen molar-refractivity contribution in [2.45, 2.75) is 13.8 Å². The molecule has 0 spiro atoms. The zero-order valence-electron chi connectivity index (χ0n) is 2.50. The predicted molar refractivity (Wildman–Crippen MR) is 21.1 cm³/mol. The van der Waals surface area contributed by atoms with Gasteiger partial charge in [-0.05, 0) is 0 Å². The number of alkyl halides is 2. The first-order valence-corrected chi connectivity index (χ1v) is 4.59. The monoisotopic (exact) mass is 185 g/mol. The first-order chi connectivity index (χ1) is 2.00. The summed E-state index contributed by atoms with van der Waals surface area (Å²) >= 11 is 0.791. The van der Waals surface area contributed by atoms with E-state index in [2.05, 4.69) is 0 Å². The van der Waals surface area contributed by atoms with Gasteiger partial charge in [0.1, 0.15) is 0 Å². The molecule has 0 aromatic heterocycles. The van der Waals surface area contributed by atoms with Crippen LogP contribution >= 0.6 is 0 Å². The Bertz CT molecular complexity index is 11.6. The Labute approximate surface area is 44.2 Å². The summed E-state index contributed by atoms with van der Waals surface area (Å²) < 4.78 is 3.22. The molecule has 1 heterocycles. The Morgan fingerprint density at radius 1 is 1.20 bits per heavy atom. The van der Waals surface area contributed by atoms with Crippen molar-refractivity contribution >= 4 is 0 Å². The number of halogens is 1. The van der Waals surface area contributed by atoms with Crippen molar-refractivity contribution in [1.82, 2.24) is 0 Å². The van der Waals surface area contributed by atoms with Gasteiger partial charge in [0.15, 0.2) is 0 Å². The average Bonchev–Trinajstić information content (AvgIpc) is 0.722. The maximum absolute atomic E-state index is 1.61. The minimum absolute atomic E-state index is 0. The summed E-state index contributed by atoms with van der Waals surface area (Å²) in [5.41, 5.74) is 0. The second kappa shape index (κ2) is 2.94. The van der Waals surface area contributed by atoms with Crippen LogP contribution in [0.5, 0.6) is 0 Å². The molecule has 1 heteroatoms. The van der Waals surface area contributed by atoms with Crippen molar-refractivity contribution in [2.75, 3.05) is 8.86 Å². The summed E-state index contributed by atoms with van der Waals surface area (Å²) in [6, 6.07) is 0. The molecule has 0 unspecified atom stereocenters. The number of rotatable bonds is 0. The molecule has 0 aliphatic carbocycles. The third-order valence-corrected chi connectivity index (χ3v) is 3.59. The van der Waals surface area contributed by atoms with Gasteiger partial charge in [0.05, 0.1) is 0 Å². The van der Waals surface area contributed by atoms with Crippen LogP contribution in [0.15, 0.2) is 0 Å². The van der Waals surface area contributed by atoms with E-state index in [0.29, 0.717) is 0 Å². The zero-order valence-corrected chi connectivity index (χ0v) is 4.66. The molecule has 1 aliphatic heterocycles. The fourth-order valence-corrected chi connectivity index (χ4v) is 0.896. The summed E-state index contributed by atoms with van der Waals surface area (Å²) in [6.07, 6.45) is 1.55. The van der Waals surface area contributed by atoms with Crippen LogP contribution < -0.4 is 21.2 Å². The van der Waals surface area contributed by atoms with Crippen LogP contribution in [0.1, 0.15) is 13.8 Å². The zero-order chi connectivity index (χ0) is 2.83. The van der Waals surface area contributed by atoms with Gasteiger partial charge >= 0.3 is 36.5 Å². The van der Waals surface area contributed by atoms with Crippen LogP contribution in [0.25, 0.3) is 0 Å².